The molecule has 1 heterocycles. The SMILES string of the molecule is O=C(O)N[C@@H](CSCC1CCCCC1)C(=O)N1CCN(c2ccccc2)CC1. The van der Waals surface area contributed by atoms with Crippen LogP contribution in [0.15, 0.2) is 30.3 Å². The molecule has 2 fully saturated rings. The summed E-state index contributed by atoms with van der Waals surface area (Å²) in [5.74, 6) is 2.16. The van der Waals surface area contributed by atoms with Crippen LogP contribution >= 0.6 is 11.8 Å². The van der Waals surface area contributed by atoms with E-state index in [1.165, 1.54) is 32.1 Å². The molecule has 6 nitrogen and oxygen atoms in total. The number of nitrogens with zero attached hydrogens (tertiary/aromatic N) is 2. The Morgan fingerprint density at radius 1 is 1.07 bits per heavy atom. The molecule has 1 saturated heterocycles. The Balaban J connectivity index is 1.49. The van der Waals surface area contributed by atoms with Gasteiger partial charge in [-0.25, -0.2) is 4.79 Å². The quantitative estimate of drug-likeness (QED) is 0.728. The van der Waals surface area contributed by atoms with Crippen LogP contribution in [0.5, 0.6) is 0 Å². The van der Waals surface area contributed by atoms with Crippen LogP contribution in [-0.2, 0) is 4.79 Å². The van der Waals surface area contributed by atoms with Crippen molar-refractivity contribution >= 4 is 29.4 Å². The Morgan fingerprint density at radius 2 is 1.75 bits per heavy atom. The molecular formula is C21H31N3O3S. The molecule has 0 bridgehead atoms. The van der Waals surface area contributed by atoms with Crippen molar-refractivity contribution in [2.24, 2.45) is 5.92 Å². The van der Waals surface area contributed by atoms with Gasteiger partial charge in [-0.05, 0) is 36.6 Å². The normalized spacial score (nSPS) is 19.3. The first-order valence-corrected chi connectivity index (χ1v) is 11.4. The molecular weight excluding hydrogens is 374 g/mol. The van der Waals surface area contributed by atoms with E-state index in [0.29, 0.717) is 24.8 Å². The summed E-state index contributed by atoms with van der Waals surface area (Å²) in [6, 6.07) is 9.53. The minimum absolute atomic E-state index is 0.0914. The number of thioether (sulfide) groups is 1. The first kappa shape index (κ1) is 20.8. The number of piperazine rings is 1. The summed E-state index contributed by atoms with van der Waals surface area (Å²) in [6.45, 7) is 2.78. The van der Waals surface area contributed by atoms with Crippen LogP contribution in [-0.4, -0.2) is 65.7 Å². The van der Waals surface area contributed by atoms with Gasteiger partial charge >= 0.3 is 6.09 Å². The van der Waals surface area contributed by atoms with E-state index >= 15 is 0 Å². The highest BCUT2D eigenvalue weighted by Gasteiger charge is 2.29. The fourth-order valence-electron chi connectivity index (χ4n) is 4.07. The highest BCUT2D eigenvalue weighted by molar-refractivity contribution is 7.99. The minimum atomic E-state index is -1.13. The average molecular weight is 406 g/mol. The summed E-state index contributed by atoms with van der Waals surface area (Å²) >= 11 is 1.72. The smallest absolute Gasteiger partial charge is 0.405 e. The predicted molar refractivity (Wildman–Crippen MR) is 114 cm³/mol. The number of carbonyl (C=O) groups excluding carboxylic acids is 1. The lowest BCUT2D eigenvalue weighted by Gasteiger charge is -2.37. The standard InChI is InChI=1S/C21H31N3O3S/c25-20(24-13-11-23(12-14-24)18-9-5-2-6-10-18)19(22-21(26)27)16-28-15-17-7-3-1-4-8-17/h2,5-6,9-10,17,19,22H,1,3-4,7-8,11-16H2,(H,26,27)/t19-/m0/s1. The van der Waals surface area contributed by atoms with Gasteiger partial charge in [0.25, 0.3) is 0 Å². The van der Waals surface area contributed by atoms with Crippen LogP contribution in [0, 0.1) is 5.92 Å². The third-order valence-electron chi connectivity index (χ3n) is 5.67. The van der Waals surface area contributed by atoms with E-state index < -0.39 is 12.1 Å². The van der Waals surface area contributed by atoms with Gasteiger partial charge in [-0.3, -0.25) is 4.79 Å². The molecule has 3 rings (SSSR count). The summed E-state index contributed by atoms with van der Waals surface area (Å²) < 4.78 is 0. The zero-order valence-electron chi connectivity index (χ0n) is 16.4. The van der Waals surface area contributed by atoms with Crippen LogP contribution < -0.4 is 10.2 Å². The molecule has 2 amide bonds. The second kappa shape index (κ2) is 10.6. The Labute approximate surface area is 171 Å². The number of carbonyl (C=O) groups is 2. The predicted octanol–water partition coefficient (Wildman–Crippen LogP) is 3.28. The van der Waals surface area contributed by atoms with Gasteiger partial charge in [0.1, 0.15) is 6.04 Å². The van der Waals surface area contributed by atoms with Crippen molar-refractivity contribution in [3.63, 3.8) is 0 Å². The molecule has 1 saturated carbocycles. The van der Waals surface area contributed by atoms with Crippen LogP contribution in [0.1, 0.15) is 32.1 Å². The molecule has 28 heavy (non-hydrogen) atoms. The monoisotopic (exact) mass is 405 g/mol. The molecule has 1 atom stereocenters. The van der Waals surface area contributed by atoms with Gasteiger partial charge in [0.15, 0.2) is 0 Å². The molecule has 0 spiro atoms. The van der Waals surface area contributed by atoms with E-state index in [9.17, 15) is 14.7 Å². The van der Waals surface area contributed by atoms with Gasteiger partial charge in [-0.15, -0.1) is 0 Å². The number of hydrogen-bond acceptors (Lipinski definition) is 4. The first-order valence-electron chi connectivity index (χ1n) is 10.3. The average Bonchev–Trinajstić information content (AvgIpc) is 2.74. The van der Waals surface area contributed by atoms with Gasteiger partial charge in [0.05, 0.1) is 0 Å². The summed E-state index contributed by atoms with van der Waals surface area (Å²) in [6.07, 6.45) is 5.33. The molecule has 0 radical (unpaired) electrons. The van der Waals surface area contributed by atoms with Crippen molar-refractivity contribution in [1.29, 1.82) is 0 Å². The number of benzene rings is 1. The minimum Gasteiger partial charge on any atom is -0.465 e. The zero-order chi connectivity index (χ0) is 19.8. The summed E-state index contributed by atoms with van der Waals surface area (Å²) in [5.41, 5.74) is 1.16. The van der Waals surface area contributed by atoms with Gasteiger partial charge in [-0.1, -0.05) is 37.5 Å². The highest BCUT2D eigenvalue weighted by atomic mass is 32.2. The van der Waals surface area contributed by atoms with Crippen molar-refractivity contribution < 1.29 is 14.7 Å². The molecule has 2 N–H and O–H groups in total. The van der Waals surface area contributed by atoms with E-state index in [4.69, 9.17) is 0 Å². The number of amides is 2. The highest BCUT2D eigenvalue weighted by Crippen LogP contribution is 2.27. The fourth-order valence-corrected chi connectivity index (χ4v) is 5.34. The zero-order valence-corrected chi connectivity index (χ0v) is 17.2. The maximum Gasteiger partial charge on any atom is 0.405 e. The largest absolute Gasteiger partial charge is 0.465 e. The van der Waals surface area contributed by atoms with Crippen LogP contribution in [0.25, 0.3) is 0 Å². The molecule has 7 heteroatoms. The molecule has 2 aliphatic rings. The topological polar surface area (TPSA) is 72.9 Å². The number of rotatable bonds is 7. The Kier molecular flexibility index (Phi) is 7.89. The van der Waals surface area contributed by atoms with Crippen molar-refractivity contribution in [2.75, 3.05) is 42.6 Å². The van der Waals surface area contributed by atoms with E-state index in [1.54, 1.807) is 16.7 Å². The number of para-hydroxylation sites is 1. The number of nitrogens with one attached hydrogen (secondary N) is 1. The van der Waals surface area contributed by atoms with Gasteiger partial charge in [0.2, 0.25) is 5.91 Å². The van der Waals surface area contributed by atoms with Crippen molar-refractivity contribution in [3.05, 3.63) is 30.3 Å². The second-order valence-electron chi connectivity index (χ2n) is 7.69. The van der Waals surface area contributed by atoms with E-state index in [-0.39, 0.29) is 5.91 Å². The van der Waals surface area contributed by atoms with Crippen molar-refractivity contribution in [3.8, 4) is 0 Å². The molecule has 1 aliphatic heterocycles. The molecule has 0 aromatic heterocycles. The fraction of sp³-hybridized carbons (Fsp3) is 0.619. The summed E-state index contributed by atoms with van der Waals surface area (Å²) in [4.78, 5) is 28.2. The summed E-state index contributed by atoms with van der Waals surface area (Å²) in [7, 11) is 0. The Bertz CT molecular complexity index is 629. The molecule has 1 aromatic carbocycles. The third-order valence-corrected chi connectivity index (χ3v) is 6.95. The van der Waals surface area contributed by atoms with Crippen molar-refractivity contribution in [1.82, 2.24) is 10.2 Å². The number of anilines is 1. The lowest BCUT2D eigenvalue weighted by Crippen LogP contribution is -2.55. The molecule has 1 aromatic rings. The molecule has 1 aliphatic carbocycles. The van der Waals surface area contributed by atoms with E-state index in [0.717, 1.165) is 24.5 Å². The van der Waals surface area contributed by atoms with Gasteiger partial charge < -0.3 is 20.2 Å². The lowest BCUT2D eigenvalue weighted by molar-refractivity contribution is -0.133. The third kappa shape index (κ3) is 6.06. The molecule has 154 valence electrons. The van der Waals surface area contributed by atoms with Gasteiger partial charge in [0, 0.05) is 37.6 Å². The second-order valence-corrected chi connectivity index (χ2v) is 8.77. The Morgan fingerprint density at radius 3 is 2.39 bits per heavy atom. The van der Waals surface area contributed by atoms with E-state index in [1.807, 2.05) is 18.2 Å². The Hall–Kier alpha value is -1.89. The maximum absolute atomic E-state index is 12.9. The number of carboxylic acid groups (broad SMARTS) is 1. The van der Waals surface area contributed by atoms with Crippen LogP contribution in [0.3, 0.4) is 0 Å². The van der Waals surface area contributed by atoms with Crippen molar-refractivity contribution in [2.45, 2.75) is 38.1 Å². The summed E-state index contributed by atoms with van der Waals surface area (Å²) in [5, 5.41) is 11.6. The maximum atomic E-state index is 12.9. The van der Waals surface area contributed by atoms with Crippen LogP contribution in [0.4, 0.5) is 10.5 Å². The van der Waals surface area contributed by atoms with E-state index in [2.05, 4.69) is 22.3 Å². The molecule has 0 unspecified atom stereocenters. The van der Waals surface area contributed by atoms with Crippen LogP contribution in [0.2, 0.25) is 0 Å². The lowest BCUT2D eigenvalue weighted by atomic mass is 9.91. The first-order chi connectivity index (χ1) is 13.6. The van der Waals surface area contributed by atoms with Gasteiger partial charge in [-0.2, -0.15) is 11.8 Å². The number of hydrogen-bond donors (Lipinski definition) is 2.